The highest BCUT2D eigenvalue weighted by atomic mass is 35.5. The third-order valence-electron chi connectivity index (χ3n) is 5.86. The van der Waals surface area contributed by atoms with Crippen LogP contribution in [0.1, 0.15) is 44.3 Å². The maximum Gasteiger partial charge on any atom is 0.225 e. The van der Waals surface area contributed by atoms with Crippen LogP contribution in [-0.4, -0.2) is 65.2 Å². The minimum atomic E-state index is -0.0630. The van der Waals surface area contributed by atoms with Crippen molar-refractivity contribution in [3.63, 3.8) is 0 Å². The number of hydrogen-bond acceptors (Lipinski definition) is 6. The number of halogens is 1. The molecule has 0 radical (unpaired) electrons. The van der Waals surface area contributed by atoms with Gasteiger partial charge in [0.25, 0.3) is 0 Å². The van der Waals surface area contributed by atoms with Crippen molar-refractivity contribution in [2.75, 3.05) is 38.6 Å². The standard InChI is InChI=1S/C23H29ClN6O/c1-16-9-12-29(27-16)13-10-21(31)30-11-5-8-20(30)22-19(15-25-23(26-22)28(2)3)17-6-4-7-18(24)14-17/h4,6-7,14-15,20H,5,8-13H2,1-3H3/t20-/m1/s1. The first kappa shape index (κ1) is 21.6. The van der Waals surface area contributed by atoms with Crippen molar-refractivity contribution in [1.82, 2.24) is 19.9 Å². The summed E-state index contributed by atoms with van der Waals surface area (Å²) in [6.07, 6.45) is 5.16. The van der Waals surface area contributed by atoms with Gasteiger partial charge in [0.1, 0.15) is 0 Å². The molecule has 1 fully saturated rings. The Bertz CT molecular complexity index is 992. The predicted octanol–water partition coefficient (Wildman–Crippen LogP) is 4.00. The van der Waals surface area contributed by atoms with E-state index in [4.69, 9.17) is 16.6 Å². The highest BCUT2D eigenvalue weighted by molar-refractivity contribution is 6.30. The van der Waals surface area contributed by atoms with E-state index in [1.165, 1.54) is 0 Å². The number of hydrazone groups is 1. The summed E-state index contributed by atoms with van der Waals surface area (Å²) < 4.78 is 0. The van der Waals surface area contributed by atoms with Gasteiger partial charge in [0.2, 0.25) is 11.9 Å². The first-order chi connectivity index (χ1) is 14.9. The molecule has 1 aromatic carbocycles. The molecule has 0 saturated carbocycles. The predicted molar refractivity (Wildman–Crippen MR) is 124 cm³/mol. The fourth-order valence-electron chi connectivity index (χ4n) is 4.25. The highest BCUT2D eigenvalue weighted by Crippen LogP contribution is 2.38. The molecule has 0 bridgehead atoms. The van der Waals surface area contributed by atoms with Crippen molar-refractivity contribution in [1.29, 1.82) is 0 Å². The number of amides is 1. The lowest BCUT2D eigenvalue weighted by molar-refractivity contribution is -0.132. The summed E-state index contributed by atoms with van der Waals surface area (Å²) in [5.41, 5.74) is 3.92. The monoisotopic (exact) mass is 440 g/mol. The van der Waals surface area contributed by atoms with Crippen LogP contribution in [0, 0.1) is 0 Å². The van der Waals surface area contributed by atoms with Crippen LogP contribution in [0.5, 0.6) is 0 Å². The minimum Gasteiger partial charge on any atom is -0.347 e. The molecule has 0 unspecified atom stereocenters. The smallest absolute Gasteiger partial charge is 0.225 e. The van der Waals surface area contributed by atoms with Gasteiger partial charge in [-0.2, -0.15) is 5.10 Å². The van der Waals surface area contributed by atoms with E-state index in [2.05, 4.69) is 10.1 Å². The van der Waals surface area contributed by atoms with Crippen LogP contribution in [0.3, 0.4) is 0 Å². The molecule has 2 aromatic rings. The van der Waals surface area contributed by atoms with Crippen molar-refractivity contribution in [3.05, 3.63) is 41.2 Å². The second kappa shape index (κ2) is 9.22. The molecule has 7 nitrogen and oxygen atoms in total. The van der Waals surface area contributed by atoms with E-state index in [0.717, 1.165) is 54.9 Å². The molecule has 0 N–H and O–H groups in total. The Kier molecular flexibility index (Phi) is 6.41. The van der Waals surface area contributed by atoms with Gasteiger partial charge in [0.05, 0.1) is 11.7 Å². The van der Waals surface area contributed by atoms with Crippen molar-refractivity contribution >= 4 is 29.2 Å². The van der Waals surface area contributed by atoms with Gasteiger partial charge in [-0.15, -0.1) is 0 Å². The summed E-state index contributed by atoms with van der Waals surface area (Å²) in [5.74, 6) is 0.797. The first-order valence-electron chi connectivity index (χ1n) is 10.8. The van der Waals surface area contributed by atoms with Crippen LogP contribution in [0.4, 0.5) is 5.95 Å². The third-order valence-corrected chi connectivity index (χ3v) is 6.09. The van der Waals surface area contributed by atoms with Gasteiger partial charge in [-0.3, -0.25) is 9.80 Å². The van der Waals surface area contributed by atoms with Crippen molar-refractivity contribution in [2.24, 2.45) is 5.10 Å². The maximum absolute atomic E-state index is 13.2. The average Bonchev–Trinajstić information content (AvgIpc) is 3.40. The lowest BCUT2D eigenvalue weighted by atomic mass is 9.99. The van der Waals surface area contributed by atoms with E-state index in [-0.39, 0.29) is 11.9 Å². The maximum atomic E-state index is 13.2. The molecule has 1 atom stereocenters. The number of hydrogen-bond donors (Lipinski definition) is 0. The van der Waals surface area contributed by atoms with Crippen molar-refractivity contribution in [3.8, 4) is 11.1 Å². The molecule has 0 spiro atoms. The summed E-state index contributed by atoms with van der Waals surface area (Å²) in [6, 6.07) is 7.66. The zero-order valence-electron chi connectivity index (χ0n) is 18.4. The van der Waals surface area contributed by atoms with E-state index < -0.39 is 0 Å². The second-order valence-corrected chi connectivity index (χ2v) is 8.84. The lowest BCUT2D eigenvalue weighted by Gasteiger charge is -2.27. The molecule has 8 heteroatoms. The molecule has 2 aliphatic heterocycles. The Labute approximate surface area is 188 Å². The summed E-state index contributed by atoms with van der Waals surface area (Å²) in [6.45, 7) is 4.35. The zero-order chi connectivity index (χ0) is 22.0. The van der Waals surface area contributed by atoms with E-state index >= 15 is 0 Å². The number of likely N-dealkylation sites (tertiary alicyclic amines) is 1. The molecular weight excluding hydrogens is 412 g/mol. The molecule has 1 amide bonds. The largest absolute Gasteiger partial charge is 0.347 e. The van der Waals surface area contributed by atoms with Crippen molar-refractivity contribution < 1.29 is 4.79 Å². The summed E-state index contributed by atoms with van der Waals surface area (Å²) in [5, 5.41) is 7.17. The lowest BCUT2D eigenvalue weighted by Crippen LogP contribution is -2.33. The van der Waals surface area contributed by atoms with Gasteiger partial charge in [-0.05, 0) is 37.5 Å². The van der Waals surface area contributed by atoms with Crippen LogP contribution in [0.15, 0.2) is 35.6 Å². The van der Waals surface area contributed by atoms with Gasteiger partial charge in [-0.1, -0.05) is 23.7 Å². The normalized spacial score (nSPS) is 18.5. The van der Waals surface area contributed by atoms with E-state index in [1.807, 2.05) is 66.3 Å². The Balaban J connectivity index is 1.61. The van der Waals surface area contributed by atoms with Crippen LogP contribution in [0.25, 0.3) is 11.1 Å². The molecule has 1 saturated heterocycles. The summed E-state index contributed by atoms with van der Waals surface area (Å²) in [7, 11) is 3.85. The third kappa shape index (κ3) is 4.82. The molecule has 164 valence electrons. The van der Waals surface area contributed by atoms with Crippen molar-refractivity contribution in [2.45, 2.75) is 38.6 Å². The quantitative estimate of drug-likeness (QED) is 0.679. The highest BCUT2D eigenvalue weighted by Gasteiger charge is 2.33. The Morgan fingerprint density at radius 1 is 1.29 bits per heavy atom. The van der Waals surface area contributed by atoms with Gasteiger partial charge >= 0.3 is 0 Å². The molecule has 1 aromatic heterocycles. The first-order valence-corrected chi connectivity index (χ1v) is 11.2. The molecule has 2 aliphatic rings. The number of nitrogens with zero attached hydrogens (tertiary/aromatic N) is 6. The van der Waals surface area contributed by atoms with Gasteiger partial charge in [0, 0.05) is 69.1 Å². The fourth-order valence-corrected chi connectivity index (χ4v) is 4.44. The Hall–Kier alpha value is -2.67. The second-order valence-electron chi connectivity index (χ2n) is 8.41. The van der Waals surface area contributed by atoms with E-state index in [9.17, 15) is 4.79 Å². The SMILES string of the molecule is CC1=NN(CCC(=O)N2CCC[C@@H]2c2nc(N(C)C)ncc2-c2cccc(Cl)c2)CC1. The molecule has 3 heterocycles. The number of anilines is 1. The summed E-state index contributed by atoms with van der Waals surface area (Å²) >= 11 is 6.25. The summed E-state index contributed by atoms with van der Waals surface area (Å²) in [4.78, 5) is 26.5. The molecule has 0 aliphatic carbocycles. The average molecular weight is 441 g/mol. The molecule has 4 rings (SSSR count). The topological polar surface area (TPSA) is 64.9 Å². The fraction of sp³-hybridized carbons (Fsp3) is 0.478. The van der Waals surface area contributed by atoms with Gasteiger partial charge in [0.15, 0.2) is 0 Å². The van der Waals surface area contributed by atoms with Gasteiger partial charge < -0.3 is 9.80 Å². The van der Waals surface area contributed by atoms with Gasteiger partial charge in [-0.25, -0.2) is 9.97 Å². The van der Waals surface area contributed by atoms with Crippen LogP contribution in [0.2, 0.25) is 5.02 Å². The Morgan fingerprint density at radius 2 is 2.13 bits per heavy atom. The van der Waals surface area contributed by atoms with E-state index in [0.29, 0.717) is 23.9 Å². The Morgan fingerprint density at radius 3 is 2.84 bits per heavy atom. The molecule has 31 heavy (non-hydrogen) atoms. The number of carbonyl (C=O) groups is 1. The number of benzene rings is 1. The minimum absolute atomic E-state index is 0.0630. The number of aromatic nitrogens is 2. The number of carbonyl (C=O) groups excluding carboxylic acids is 1. The molecular formula is C23H29ClN6O. The van der Waals surface area contributed by atoms with Crippen LogP contribution < -0.4 is 4.90 Å². The van der Waals surface area contributed by atoms with Crippen LogP contribution >= 0.6 is 11.6 Å². The van der Waals surface area contributed by atoms with Crippen LogP contribution in [-0.2, 0) is 4.79 Å². The zero-order valence-corrected chi connectivity index (χ0v) is 19.1. The van der Waals surface area contributed by atoms with E-state index in [1.54, 1.807) is 0 Å². The number of rotatable bonds is 6.